The summed E-state index contributed by atoms with van der Waals surface area (Å²) in [7, 11) is 1.66. The average molecular weight is 172 g/mol. The summed E-state index contributed by atoms with van der Waals surface area (Å²) in [5.41, 5.74) is 1.03. The first kappa shape index (κ1) is 9.57. The quantitative estimate of drug-likeness (QED) is 0.622. The number of benzene rings is 1. The molecule has 0 aliphatic heterocycles. The lowest BCUT2D eigenvalue weighted by atomic mass is 10.2. The van der Waals surface area contributed by atoms with Gasteiger partial charge in [-0.3, -0.25) is 0 Å². The predicted octanol–water partition coefficient (Wildman–Crippen LogP) is 2.24. The minimum Gasteiger partial charge on any atom is -0.381 e. The maximum atomic E-state index is 4.84. The van der Waals surface area contributed by atoms with Gasteiger partial charge in [0.05, 0.1) is 6.61 Å². The zero-order chi connectivity index (χ0) is 9.36. The van der Waals surface area contributed by atoms with E-state index >= 15 is 0 Å². The zero-order valence-corrected chi connectivity index (χ0v) is 7.66. The molecule has 1 rings (SSSR count). The van der Waals surface area contributed by atoms with Gasteiger partial charge in [-0.25, -0.2) is 0 Å². The third-order valence-electron chi connectivity index (χ3n) is 1.45. The molecule has 0 spiro atoms. The summed E-state index contributed by atoms with van der Waals surface area (Å²) < 4.78 is 4.84. The molecule has 0 atom stereocenters. The van der Waals surface area contributed by atoms with E-state index in [1.807, 2.05) is 36.4 Å². The molecule has 0 unspecified atom stereocenters. The van der Waals surface area contributed by atoms with Crippen molar-refractivity contribution in [3.63, 3.8) is 0 Å². The van der Waals surface area contributed by atoms with Gasteiger partial charge in [-0.2, -0.15) is 0 Å². The zero-order valence-electron chi connectivity index (χ0n) is 7.66. The van der Waals surface area contributed by atoms with Crippen molar-refractivity contribution < 1.29 is 4.74 Å². The second-order valence-corrected chi connectivity index (χ2v) is 2.49. The largest absolute Gasteiger partial charge is 0.381 e. The highest BCUT2D eigenvalue weighted by Gasteiger charge is 1.78. The Morgan fingerprint density at radius 2 is 2.08 bits per heavy atom. The van der Waals surface area contributed by atoms with Gasteiger partial charge in [0.25, 0.3) is 0 Å². The van der Waals surface area contributed by atoms with E-state index < -0.39 is 0 Å². The second-order valence-electron chi connectivity index (χ2n) is 2.49. The number of allylic oxidation sites excluding steroid dienone is 1. The van der Waals surface area contributed by atoms with Crippen LogP contribution in [0.15, 0.2) is 42.5 Å². The predicted molar refractivity (Wildman–Crippen MR) is 54.3 cm³/mol. The molecule has 1 nitrogen and oxygen atoms in total. The van der Waals surface area contributed by atoms with Crippen molar-refractivity contribution in [2.45, 2.75) is 0 Å². The Kier molecular flexibility index (Phi) is 4.45. The molecule has 0 saturated carbocycles. The molecule has 13 heavy (non-hydrogen) atoms. The van der Waals surface area contributed by atoms with Crippen LogP contribution >= 0.6 is 0 Å². The number of hydrogen-bond acceptors (Lipinski definition) is 1. The fourth-order valence-corrected chi connectivity index (χ4v) is 0.850. The van der Waals surface area contributed by atoms with Crippen LogP contribution in [-0.4, -0.2) is 13.7 Å². The van der Waals surface area contributed by atoms with E-state index in [2.05, 4.69) is 11.8 Å². The van der Waals surface area contributed by atoms with E-state index in [1.54, 1.807) is 13.2 Å². The van der Waals surface area contributed by atoms with Crippen molar-refractivity contribution in [1.82, 2.24) is 0 Å². The molecule has 0 aliphatic rings. The van der Waals surface area contributed by atoms with E-state index in [9.17, 15) is 0 Å². The summed E-state index contributed by atoms with van der Waals surface area (Å²) in [5.74, 6) is 5.94. The third-order valence-corrected chi connectivity index (χ3v) is 1.45. The van der Waals surface area contributed by atoms with Crippen LogP contribution in [0.3, 0.4) is 0 Å². The van der Waals surface area contributed by atoms with E-state index in [-0.39, 0.29) is 0 Å². The molecule has 0 aromatic heterocycles. The minimum absolute atomic E-state index is 0.615. The molecular formula is C12H12O. The van der Waals surface area contributed by atoms with Crippen molar-refractivity contribution >= 4 is 0 Å². The van der Waals surface area contributed by atoms with Gasteiger partial charge in [0, 0.05) is 12.7 Å². The Hall–Kier alpha value is -1.52. The maximum absolute atomic E-state index is 4.84. The first-order valence-electron chi connectivity index (χ1n) is 4.14. The molecule has 66 valence electrons. The normalized spacial score (nSPS) is 9.62. The highest BCUT2D eigenvalue weighted by atomic mass is 16.5. The molecule has 1 aromatic carbocycles. The Morgan fingerprint density at radius 1 is 1.31 bits per heavy atom. The summed E-state index contributed by atoms with van der Waals surface area (Å²) in [6.07, 6.45) is 3.69. The first-order valence-corrected chi connectivity index (χ1v) is 4.14. The lowest BCUT2D eigenvalue weighted by Gasteiger charge is -1.85. The van der Waals surface area contributed by atoms with Gasteiger partial charge in [0.1, 0.15) is 0 Å². The van der Waals surface area contributed by atoms with Crippen molar-refractivity contribution in [2.75, 3.05) is 13.7 Å². The fourth-order valence-electron chi connectivity index (χ4n) is 0.850. The molecule has 0 N–H and O–H groups in total. The standard InChI is InChI=1S/C12H12O/c1-13-11-7-3-6-10-12-8-4-2-5-9-12/h2-5,7-9H,11H2,1H3/b7-3+. The number of hydrogen-bond donors (Lipinski definition) is 0. The Morgan fingerprint density at radius 3 is 2.77 bits per heavy atom. The van der Waals surface area contributed by atoms with Crippen LogP contribution in [0.5, 0.6) is 0 Å². The van der Waals surface area contributed by atoms with Crippen LogP contribution in [0.25, 0.3) is 0 Å². The smallest absolute Gasteiger partial charge is 0.0652 e. The summed E-state index contributed by atoms with van der Waals surface area (Å²) in [6.45, 7) is 0.615. The first-order chi connectivity index (χ1) is 6.43. The fraction of sp³-hybridized carbons (Fsp3) is 0.167. The molecule has 0 saturated heterocycles. The van der Waals surface area contributed by atoms with Gasteiger partial charge >= 0.3 is 0 Å². The number of rotatable bonds is 2. The van der Waals surface area contributed by atoms with Gasteiger partial charge in [0.15, 0.2) is 0 Å². The van der Waals surface area contributed by atoms with Crippen molar-refractivity contribution in [3.8, 4) is 11.8 Å². The van der Waals surface area contributed by atoms with Crippen LogP contribution in [0.2, 0.25) is 0 Å². The molecule has 1 heteroatoms. The molecule has 0 amide bonds. The Balaban J connectivity index is 2.49. The minimum atomic E-state index is 0.615. The van der Waals surface area contributed by atoms with E-state index in [1.165, 1.54) is 0 Å². The molecule has 0 fully saturated rings. The van der Waals surface area contributed by atoms with Crippen LogP contribution in [0, 0.1) is 11.8 Å². The van der Waals surface area contributed by atoms with Crippen LogP contribution in [0.4, 0.5) is 0 Å². The Labute approximate surface area is 79.0 Å². The van der Waals surface area contributed by atoms with Gasteiger partial charge in [-0.05, 0) is 18.2 Å². The molecule has 0 bridgehead atoms. The average Bonchev–Trinajstić information content (AvgIpc) is 2.19. The number of methoxy groups -OCH3 is 1. The summed E-state index contributed by atoms with van der Waals surface area (Å²) >= 11 is 0. The third kappa shape index (κ3) is 4.15. The molecule has 0 radical (unpaired) electrons. The van der Waals surface area contributed by atoms with Crippen LogP contribution in [0.1, 0.15) is 5.56 Å². The van der Waals surface area contributed by atoms with Gasteiger partial charge in [-0.15, -0.1) is 0 Å². The van der Waals surface area contributed by atoms with E-state index in [0.717, 1.165) is 5.56 Å². The summed E-state index contributed by atoms with van der Waals surface area (Å²) in [5, 5.41) is 0. The van der Waals surface area contributed by atoms with Gasteiger partial charge in [-0.1, -0.05) is 36.1 Å². The van der Waals surface area contributed by atoms with Crippen molar-refractivity contribution in [2.24, 2.45) is 0 Å². The SMILES string of the molecule is COC/C=C/C#Cc1ccccc1. The molecular weight excluding hydrogens is 160 g/mol. The summed E-state index contributed by atoms with van der Waals surface area (Å²) in [6, 6.07) is 9.89. The highest BCUT2D eigenvalue weighted by molar-refractivity contribution is 5.36. The summed E-state index contributed by atoms with van der Waals surface area (Å²) in [4.78, 5) is 0. The Bertz CT molecular complexity index is 314. The monoisotopic (exact) mass is 172 g/mol. The lowest BCUT2D eigenvalue weighted by Crippen LogP contribution is -1.78. The van der Waals surface area contributed by atoms with Crippen molar-refractivity contribution in [1.29, 1.82) is 0 Å². The van der Waals surface area contributed by atoms with E-state index in [0.29, 0.717) is 6.61 Å². The highest BCUT2D eigenvalue weighted by Crippen LogP contribution is 1.94. The van der Waals surface area contributed by atoms with Gasteiger partial charge in [0.2, 0.25) is 0 Å². The molecule has 1 aromatic rings. The van der Waals surface area contributed by atoms with Crippen molar-refractivity contribution in [3.05, 3.63) is 48.0 Å². The molecule has 0 aliphatic carbocycles. The lowest BCUT2D eigenvalue weighted by molar-refractivity contribution is 0.234. The molecule has 0 heterocycles. The topological polar surface area (TPSA) is 9.23 Å². The van der Waals surface area contributed by atoms with Crippen LogP contribution < -0.4 is 0 Å². The van der Waals surface area contributed by atoms with Crippen LogP contribution in [-0.2, 0) is 4.74 Å². The van der Waals surface area contributed by atoms with Gasteiger partial charge < -0.3 is 4.74 Å². The maximum Gasteiger partial charge on any atom is 0.0652 e. The number of ether oxygens (including phenoxy) is 1. The van der Waals surface area contributed by atoms with E-state index in [4.69, 9.17) is 4.74 Å². The second kappa shape index (κ2) is 6.05.